The third kappa shape index (κ3) is 5.48. The summed E-state index contributed by atoms with van der Waals surface area (Å²) in [5.74, 6) is -0.519. The number of ether oxygens (including phenoxy) is 1. The molecule has 0 unspecified atom stereocenters. The molecular weight excluding hydrogens is 382 g/mol. The lowest BCUT2D eigenvalue weighted by Gasteiger charge is -2.04. The molecule has 1 aromatic heterocycles. The quantitative estimate of drug-likeness (QED) is 0.583. The molecule has 0 N–H and O–H groups in total. The number of sulfone groups is 1. The highest BCUT2D eigenvalue weighted by Crippen LogP contribution is 2.24. The van der Waals surface area contributed by atoms with Gasteiger partial charge in [0.05, 0.1) is 17.0 Å². The molecule has 0 aliphatic carbocycles. The number of aryl methyl sites for hydroxylation is 1. The van der Waals surface area contributed by atoms with Crippen molar-refractivity contribution in [2.24, 2.45) is 0 Å². The van der Waals surface area contributed by atoms with Gasteiger partial charge >= 0.3 is 5.97 Å². The van der Waals surface area contributed by atoms with E-state index in [2.05, 4.69) is 4.98 Å². The van der Waals surface area contributed by atoms with Crippen LogP contribution in [0.5, 0.6) is 0 Å². The summed E-state index contributed by atoms with van der Waals surface area (Å²) in [6.45, 7) is 2.12. The van der Waals surface area contributed by atoms with E-state index in [1.165, 1.54) is 23.2 Å². The molecule has 7 heteroatoms. The van der Waals surface area contributed by atoms with Gasteiger partial charge in [-0.3, -0.25) is 0 Å². The van der Waals surface area contributed by atoms with E-state index in [9.17, 15) is 13.2 Å². The van der Waals surface area contributed by atoms with E-state index in [1.54, 1.807) is 24.3 Å². The number of esters is 1. The van der Waals surface area contributed by atoms with E-state index in [4.69, 9.17) is 4.74 Å². The predicted octanol–water partition coefficient (Wildman–Crippen LogP) is 4.02. The van der Waals surface area contributed by atoms with Crippen LogP contribution in [0.1, 0.15) is 27.2 Å². The number of hydrogen-bond acceptors (Lipinski definition) is 6. The molecule has 0 saturated heterocycles. The zero-order chi connectivity index (χ0) is 19.4. The first-order chi connectivity index (χ1) is 12.8. The average Bonchev–Trinajstić information content (AvgIpc) is 3.08. The van der Waals surface area contributed by atoms with E-state index in [0.717, 1.165) is 10.6 Å². The van der Waals surface area contributed by atoms with Crippen LogP contribution < -0.4 is 0 Å². The Morgan fingerprint density at radius 1 is 1.07 bits per heavy atom. The van der Waals surface area contributed by atoms with Crippen LogP contribution in [0, 0.1) is 6.92 Å². The molecule has 1 heterocycles. The molecule has 0 bridgehead atoms. The summed E-state index contributed by atoms with van der Waals surface area (Å²) in [5, 5.41) is 2.75. The number of nitrogens with zero attached hydrogens (tertiary/aromatic N) is 1. The molecule has 2 aromatic carbocycles. The minimum Gasteiger partial charge on any atom is -0.456 e. The van der Waals surface area contributed by atoms with Crippen LogP contribution in [0.15, 0.2) is 53.9 Å². The first-order valence-corrected chi connectivity index (χ1v) is 11.2. The molecule has 27 heavy (non-hydrogen) atoms. The summed E-state index contributed by atoms with van der Waals surface area (Å²) in [5.41, 5.74) is 3.92. The molecule has 0 aliphatic heterocycles. The van der Waals surface area contributed by atoms with Gasteiger partial charge in [0.15, 0.2) is 9.84 Å². The first kappa shape index (κ1) is 19.3. The summed E-state index contributed by atoms with van der Waals surface area (Å²) < 4.78 is 27.9. The van der Waals surface area contributed by atoms with Gasteiger partial charge in [-0.2, -0.15) is 0 Å². The number of rotatable bonds is 6. The summed E-state index contributed by atoms with van der Waals surface area (Å²) in [7, 11) is -3.10. The van der Waals surface area contributed by atoms with Gasteiger partial charge < -0.3 is 4.74 Å². The maximum absolute atomic E-state index is 12.2. The summed E-state index contributed by atoms with van der Waals surface area (Å²) in [6.07, 6.45) is 1.17. The lowest BCUT2D eigenvalue weighted by Crippen LogP contribution is -2.06. The van der Waals surface area contributed by atoms with Gasteiger partial charge in [0.25, 0.3) is 0 Å². The fourth-order valence-corrected chi connectivity index (χ4v) is 4.07. The number of aromatic nitrogens is 1. The minimum atomic E-state index is -3.10. The van der Waals surface area contributed by atoms with Gasteiger partial charge in [-0.1, -0.05) is 42.0 Å². The number of hydrogen-bond donors (Lipinski definition) is 0. The van der Waals surface area contributed by atoms with Crippen LogP contribution >= 0.6 is 11.3 Å². The van der Waals surface area contributed by atoms with Gasteiger partial charge in [0, 0.05) is 17.2 Å². The summed E-state index contributed by atoms with van der Waals surface area (Å²) >= 11 is 1.50. The largest absolute Gasteiger partial charge is 0.456 e. The maximum Gasteiger partial charge on any atom is 0.338 e. The van der Waals surface area contributed by atoms with Crippen LogP contribution in [0.4, 0.5) is 0 Å². The van der Waals surface area contributed by atoms with Gasteiger partial charge in [-0.15, -0.1) is 11.3 Å². The monoisotopic (exact) mass is 401 g/mol. The Labute approximate surface area is 162 Å². The van der Waals surface area contributed by atoms with Crippen molar-refractivity contribution in [2.75, 3.05) is 6.26 Å². The lowest BCUT2D eigenvalue weighted by atomic mass is 10.1. The molecule has 3 aromatic rings. The molecule has 0 atom stereocenters. The molecule has 5 nitrogen and oxygen atoms in total. The van der Waals surface area contributed by atoms with E-state index in [-0.39, 0.29) is 12.4 Å². The Kier molecular flexibility index (Phi) is 5.72. The zero-order valence-corrected chi connectivity index (χ0v) is 16.6. The Hall–Kier alpha value is -2.51. The third-order valence-corrected chi connectivity index (χ3v) is 5.62. The van der Waals surface area contributed by atoms with Crippen molar-refractivity contribution in [2.45, 2.75) is 19.3 Å². The second kappa shape index (κ2) is 8.02. The van der Waals surface area contributed by atoms with Crippen molar-refractivity contribution in [1.29, 1.82) is 0 Å². The predicted molar refractivity (Wildman–Crippen MR) is 106 cm³/mol. The first-order valence-electron chi connectivity index (χ1n) is 8.25. The summed E-state index contributed by atoms with van der Waals surface area (Å²) in [6, 6.07) is 14.5. The van der Waals surface area contributed by atoms with Crippen LogP contribution in [0.25, 0.3) is 10.6 Å². The highest BCUT2D eigenvalue weighted by atomic mass is 32.2. The SMILES string of the molecule is Cc1ccc(-c2nc(COC(=O)c3ccc(CS(C)(=O)=O)cc3)cs2)cc1. The molecule has 0 amide bonds. The second-order valence-electron chi connectivity index (χ2n) is 6.35. The Bertz CT molecular complexity index is 1040. The average molecular weight is 402 g/mol. The normalized spacial score (nSPS) is 11.3. The van der Waals surface area contributed by atoms with E-state index in [0.29, 0.717) is 16.8 Å². The molecule has 0 saturated carbocycles. The van der Waals surface area contributed by atoms with Gasteiger partial charge in [-0.25, -0.2) is 18.2 Å². The fourth-order valence-electron chi connectivity index (χ4n) is 2.46. The lowest BCUT2D eigenvalue weighted by molar-refractivity contribution is 0.0468. The van der Waals surface area contributed by atoms with Crippen molar-refractivity contribution in [1.82, 2.24) is 4.98 Å². The van der Waals surface area contributed by atoms with E-state index in [1.807, 2.05) is 36.6 Å². The number of benzene rings is 2. The van der Waals surface area contributed by atoms with Crippen molar-refractivity contribution in [3.05, 3.63) is 76.3 Å². The number of thiazole rings is 1. The second-order valence-corrected chi connectivity index (χ2v) is 9.35. The molecule has 0 radical (unpaired) electrons. The Morgan fingerprint density at radius 3 is 2.37 bits per heavy atom. The van der Waals surface area contributed by atoms with Gasteiger partial charge in [-0.05, 0) is 24.6 Å². The highest BCUT2D eigenvalue weighted by molar-refractivity contribution is 7.89. The molecule has 140 valence electrons. The molecule has 0 aliphatic rings. The molecule has 3 rings (SSSR count). The van der Waals surface area contributed by atoms with Crippen LogP contribution in [-0.4, -0.2) is 25.6 Å². The van der Waals surface area contributed by atoms with Gasteiger partial charge in [0.2, 0.25) is 0 Å². The van der Waals surface area contributed by atoms with Crippen LogP contribution in [0.3, 0.4) is 0 Å². The highest BCUT2D eigenvalue weighted by Gasteiger charge is 2.11. The van der Waals surface area contributed by atoms with Crippen LogP contribution in [-0.2, 0) is 26.9 Å². The number of carbonyl (C=O) groups is 1. The Morgan fingerprint density at radius 2 is 1.74 bits per heavy atom. The van der Waals surface area contributed by atoms with Crippen molar-refractivity contribution in [3.8, 4) is 10.6 Å². The molecule has 0 spiro atoms. The summed E-state index contributed by atoms with van der Waals surface area (Å²) in [4.78, 5) is 16.7. The van der Waals surface area contributed by atoms with Crippen molar-refractivity contribution >= 4 is 27.1 Å². The van der Waals surface area contributed by atoms with E-state index < -0.39 is 15.8 Å². The third-order valence-electron chi connectivity index (χ3n) is 3.82. The minimum absolute atomic E-state index is 0.0526. The van der Waals surface area contributed by atoms with Gasteiger partial charge in [0.1, 0.15) is 11.6 Å². The number of carbonyl (C=O) groups excluding carboxylic acids is 1. The fraction of sp³-hybridized carbons (Fsp3) is 0.200. The molecule has 0 fully saturated rings. The van der Waals surface area contributed by atoms with Crippen LogP contribution in [0.2, 0.25) is 0 Å². The van der Waals surface area contributed by atoms with Crippen molar-refractivity contribution < 1.29 is 17.9 Å². The standard InChI is InChI=1S/C20H19NO4S2/c1-14-3-7-16(8-4-14)19-21-18(12-26-19)11-25-20(22)17-9-5-15(6-10-17)13-27(2,23)24/h3-10,12H,11,13H2,1-2H3. The maximum atomic E-state index is 12.2. The van der Waals surface area contributed by atoms with Crippen molar-refractivity contribution in [3.63, 3.8) is 0 Å². The topological polar surface area (TPSA) is 73.3 Å². The molecular formula is C20H19NO4S2. The van der Waals surface area contributed by atoms with E-state index >= 15 is 0 Å². The smallest absolute Gasteiger partial charge is 0.338 e. The Balaban J connectivity index is 1.60. The zero-order valence-electron chi connectivity index (χ0n) is 15.0.